The van der Waals surface area contributed by atoms with E-state index in [4.69, 9.17) is 9.47 Å². The average molecular weight is 396 g/mol. The molecule has 0 unspecified atom stereocenters. The van der Waals surface area contributed by atoms with Crippen LogP contribution in [0, 0.1) is 23.6 Å². The number of nitrogens with one attached hydrogen (secondary N) is 2. The Morgan fingerprint density at radius 1 is 1.28 bits per heavy atom. The van der Waals surface area contributed by atoms with Crippen molar-refractivity contribution in [3.8, 4) is 17.6 Å². The summed E-state index contributed by atoms with van der Waals surface area (Å²) in [6, 6.07) is 14.5. The molecule has 2 aromatic carbocycles. The molecule has 1 aliphatic heterocycles. The number of amides is 1. The van der Waals surface area contributed by atoms with Crippen molar-refractivity contribution in [2.75, 3.05) is 26.8 Å². The van der Waals surface area contributed by atoms with Gasteiger partial charge in [0.05, 0.1) is 32.3 Å². The molecule has 6 heteroatoms. The SMILES string of the molecule is COc1ccc(CNC(=O)[C@@H]2CO[C@H](CNCC#Cc3ccccc3)C2)cc1F. The van der Waals surface area contributed by atoms with E-state index >= 15 is 0 Å². The molecule has 2 N–H and O–H groups in total. The van der Waals surface area contributed by atoms with Crippen LogP contribution >= 0.6 is 0 Å². The quantitative estimate of drug-likeness (QED) is 0.558. The number of methoxy groups -OCH3 is 1. The molecule has 1 amide bonds. The van der Waals surface area contributed by atoms with Gasteiger partial charge in [0.15, 0.2) is 11.6 Å². The molecule has 152 valence electrons. The van der Waals surface area contributed by atoms with Crippen LogP contribution in [-0.2, 0) is 16.1 Å². The zero-order valence-electron chi connectivity index (χ0n) is 16.4. The second kappa shape index (κ2) is 10.6. The Morgan fingerprint density at radius 2 is 2.10 bits per heavy atom. The Morgan fingerprint density at radius 3 is 2.86 bits per heavy atom. The van der Waals surface area contributed by atoms with Gasteiger partial charge in [0.1, 0.15) is 0 Å². The molecule has 1 heterocycles. The normalized spacial score (nSPS) is 18.0. The first-order chi connectivity index (χ1) is 14.2. The van der Waals surface area contributed by atoms with Gasteiger partial charge in [0, 0.05) is 18.7 Å². The van der Waals surface area contributed by atoms with Crippen molar-refractivity contribution in [1.29, 1.82) is 0 Å². The van der Waals surface area contributed by atoms with Crippen LogP contribution in [0.2, 0.25) is 0 Å². The highest BCUT2D eigenvalue weighted by molar-refractivity contribution is 5.79. The first-order valence-corrected chi connectivity index (χ1v) is 9.62. The zero-order valence-corrected chi connectivity index (χ0v) is 16.4. The first kappa shape index (κ1) is 20.8. The number of hydrogen-bond acceptors (Lipinski definition) is 4. The van der Waals surface area contributed by atoms with Gasteiger partial charge in [0.25, 0.3) is 0 Å². The van der Waals surface area contributed by atoms with Crippen molar-refractivity contribution in [2.24, 2.45) is 5.92 Å². The van der Waals surface area contributed by atoms with E-state index in [9.17, 15) is 9.18 Å². The number of halogens is 1. The Kier molecular flexibility index (Phi) is 7.62. The van der Waals surface area contributed by atoms with Crippen molar-refractivity contribution in [1.82, 2.24) is 10.6 Å². The smallest absolute Gasteiger partial charge is 0.225 e. The number of carbonyl (C=O) groups excluding carboxylic acids is 1. The van der Waals surface area contributed by atoms with E-state index in [1.165, 1.54) is 13.2 Å². The Labute approximate surface area is 170 Å². The number of hydrogen-bond donors (Lipinski definition) is 2. The van der Waals surface area contributed by atoms with Crippen LogP contribution in [-0.4, -0.2) is 38.8 Å². The molecule has 1 fully saturated rings. The minimum Gasteiger partial charge on any atom is -0.494 e. The van der Waals surface area contributed by atoms with E-state index in [1.54, 1.807) is 12.1 Å². The highest BCUT2D eigenvalue weighted by Crippen LogP contribution is 2.20. The largest absolute Gasteiger partial charge is 0.494 e. The summed E-state index contributed by atoms with van der Waals surface area (Å²) < 4.78 is 24.3. The minimum absolute atomic E-state index is 0.0114. The predicted molar refractivity (Wildman–Crippen MR) is 109 cm³/mol. The maximum absolute atomic E-state index is 13.7. The zero-order chi connectivity index (χ0) is 20.5. The lowest BCUT2D eigenvalue weighted by atomic mass is 10.0. The number of carbonyl (C=O) groups is 1. The predicted octanol–water partition coefficient (Wildman–Crippen LogP) is 2.50. The second-order valence-corrected chi connectivity index (χ2v) is 6.87. The van der Waals surface area contributed by atoms with Crippen LogP contribution in [0.4, 0.5) is 4.39 Å². The van der Waals surface area contributed by atoms with Gasteiger partial charge in [-0.25, -0.2) is 4.39 Å². The maximum Gasteiger partial charge on any atom is 0.225 e. The van der Waals surface area contributed by atoms with Crippen LogP contribution in [0.1, 0.15) is 17.5 Å². The average Bonchev–Trinajstić information content (AvgIpc) is 3.22. The van der Waals surface area contributed by atoms with Gasteiger partial charge < -0.3 is 20.1 Å². The van der Waals surface area contributed by atoms with Crippen LogP contribution in [0.25, 0.3) is 0 Å². The number of rotatable bonds is 7. The number of benzene rings is 2. The van der Waals surface area contributed by atoms with Crippen LogP contribution in [0.5, 0.6) is 5.75 Å². The number of ether oxygens (including phenoxy) is 2. The third kappa shape index (κ3) is 6.31. The molecule has 0 aliphatic carbocycles. The van der Waals surface area contributed by atoms with E-state index < -0.39 is 5.82 Å². The maximum atomic E-state index is 13.7. The molecule has 5 nitrogen and oxygen atoms in total. The van der Waals surface area contributed by atoms with E-state index in [0.717, 1.165) is 5.56 Å². The molecule has 2 aromatic rings. The summed E-state index contributed by atoms with van der Waals surface area (Å²) in [6.07, 6.45) is 0.643. The van der Waals surface area contributed by atoms with E-state index in [1.807, 2.05) is 30.3 Å². The van der Waals surface area contributed by atoms with Gasteiger partial charge >= 0.3 is 0 Å². The Balaban J connectivity index is 1.36. The monoisotopic (exact) mass is 396 g/mol. The van der Waals surface area contributed by atoms with Gasteiger partial charge in [-0.1, -0.05) is 36.1 Å². The fourth-order valence-electron chi connectivity index (χ4n) is 3.15. The molecule has 0 aromatic heterocycles. The topological polar surface area (TPSA) is 59.6 Å². The molecule has 0 saturated carbocycles. The van der Waals surface area contributed by atoms with Crippen LogP contribution < -0.4 is 15.4 Å². The van der Waals surface area contributed by atoms with Gasteiger partial charge in [-0.05, 0) is 36.2 Å². The third-order valence-electron chi connectivity index (χ3n) is 4.73. The third-order valence-corrected chi connectivity index (χ3v) is 4.73. The second-order valence-electron chi connectivity index (χ2n) is 6.87. The summed E-state index contributed by atoms with van der Waals surface area (Å²) in [4.78, 5) is 12.4. The van der Waals surface area contributed by atoms with Crippen molar-refractivity contribution >= 4 is 5.91 Å². The summed E-state index contributed by atoms with van der Waals surface area (Å²) in [5.74, 6) is 5.64. The minimum atomic E-state index is -0.440. The molecule has 1 aliphatic rings. The molecule has 0 bridgehead atoms. The lowest BCUT2D eigenvalue weighted by Gasteiger charge is -2.11. The standard InChI is InChI=1S/C23H25FN2O3/c1-28-22-10-9-18(12-21(22)24)14-26-23(27)19-13-20(29-16-19)15-25-11-5-8-17-6-3-2-4-7-17/h2-4,6-7,9-10,12,19-20,25H,11,13-16H2,1H3,(H,26,27)/t19-,20-/m0/s1. The lowest BCUT2D eigenvalue weighted by molar-refractivity contribution is -0.125. The lowest BCUT2D eigenvalue weighted by Crippen LogP contribution is -2.31. The Hall–Kier alpha value is -2.88. The molecule has 1 saturated heterocycles. The fourth-order valence-corrected chi connectivity index (χ4v) is 3.15. The Bertz CT molecular complexity index is 877. The van der Waals surface area contributed by atoms with Crippen LogP contribution in [0.15, 0.2) is 48.5 Å². The van der Waals surface area contributed by atoms with Gasteiger partial charge in [-0.2, -0.15) is 0 Å². The fraction of sp³-hybridized carbons (Fsp3) is 0.348. The first-order valence-electron chi connectivity index (χ1n) is 9.62. The summed E-state index contributed by atoms with van der Waals surface area (Å²) >= 11 is 0. The van der Waals surface area contributed by atoms with E-state index in [-0.39, 0.29) is 30.2 Å². The molecule has 0 radical (unpaired) electrons. The molecular formula is C23H25FN2O3. The summed E-state index contributed by atoms with van der Waals surface area (Å²) in [6.45, 7) is 1.88. The van der Waals surface area contributed by atoms with Crippen molar-refractivity contribution in [3.05, 3.63) is 65.5 Å². The molecular weight excluding hydrogens is 371 g/mol. The van der Waals surface area contributed by atoms with E-state index in [0.29, 0.717) is 31.7 Å². The van der Waals surface area contributed by atoms with Crippen molar-refractivity contribution < 1.29 is 18.7 Å². The summed E-state index contributed by atoms with van der Waals surface area (Å²) in [5.41, 5.74) is 1.67. The summed E-state index contributed by atoms with van der Waals surface area (Å²) in [7, 11) is 1.42. The van der Waals surface area contributed by atoms with Crippen LogP contribution in [0.3, 0.4) is 0 Å². The molecule has 0 spiro atoms. The molecule has 2 atom stereocenters. The molecule has 3 rings (SSSR count). The molecule has 29 heavy (non-hydrogen) atoms. The van der Waals surface area contributed by atoms with Gasteiger partial charge in [0.2, 0.25) is 5.91 Å². The highest BCUT2D eigenvalue weighted by atomic mass is 19.1. The van der Waals surface area contributed by atoms with Crippen molar-refractivity contribution in [2.45, 2.75) is 19.1 Å². The van der Waals surface area contributed by atoms with E-state index in [2.05, 4.69) is 22.5 Å². The highest BCUT2D eigenvalue weighted by Gasteiger charge is 2.30. The van der Waals surface area contributed by atoms with Crippen molar-refractivity contribution in [3.63, 3.8) is 0 Å². The van der Waals surface area contributed by atoms with Gasteiger partial charge in [-0.3, -0.25) is 4.79 Å². The summed E-state index contributed by atoms with van der Waals surface area (Å²) in [5, 5.41) is 6.10. The van der Waals surface area contributed by atoms with Gasteiger partial charge in [-0.15, -0.1) is 0 Å².